The Morgan fingerprint density at radius 3 is 2.77 bits per heavy atom. The van der Waals surface area contributed by atoms with Crippen molar-refractivity contribution in [3.8, 4) is 11.5 Å². The van der Waals surface area contributed by atoms with Crippen LogP contribution in [0.4, 0.5) is 0 Å². The summed E-state index contributed by atoms with van der Waals surface area (Å²) in [6, 6.07) is 11.3. The molecular weight excluding hydrogens is 368 g/mol. The first kappa shape index (κ1) is 17.1. The largest absolute Gasteiger partial charge is 0.497 e. The van der Waals surface area contributed by atoms with Gasteiger partial charge in [-0.3, -0.25) is 4.79 Å². The van der Waals surface area contributed by atoms with Gasteiger partial charge in [-0.2, -0.15) is 0 Å². The van der Waals surface area contributed by atoms with E-state index >= 15 is 0 Å². The fourth-order valence-corrected chi connectivity index (χ4v) is 4.71. The van der Waals surface area contributed by atoms with E-state index in [4.69, 9.17) is 9.47 Å². The Morgan fingerprint density at radius 2 is 2.04 bits per heavy atom. The molecule has 5 nitrogen and oxygen atoms in total. The van der Waals surface area contributed by atoms with Gasteiger partial charge in [-0.25, -0.2) is 4.37 Å². The van der Waals surface area contributed by atoms with E-state index in [1.54, 1.807) is 30.7 Å². The molecule has 1 aromatic carbocycles. The zero-order valence-corrected chi connectivity index (χ0v) is 15.9. The first-order chi connectivity index (χ1) is 12.8. The lowest BCUT2D eigenvalue weighted by Crippen LogP contribution is -2.41. The van der Waals surface area contributed by atoms with Gasteiger partial charge in [-0.05, 0) is 65.3 Å². The van der Waals surface area contributed by atoms with E-state index in [0.29, 0.717) is 18.0 Å². The minimum Gasteiger partial charge on any atom is -0.497 e. The second-order valence-corrected chi connectivity index (χ2v) is 7.72. The lowest BCUT2D eigenvalue weighted by atomic mass is 10.0. The maximum atomic E-state index is 12.9. The fourth-order valence-electron chi connectivity index (χ4n) is 3.11. The third kappa shape index (κ3) is 3.32. The molecule has 1 atom stereocenters. The zero-order chi connectivity index (χ0) is 17.9. The molecule has 0 spiro atoms. The highest BCUT2D eigenvalue weighted by Crippen LogP contribution is 2.35. The van der Waals surface area contributed by atoms with Gasteiger partial charge in [-0.1, -0.05) is 0 Å². The van der Waals surface area contributed by atoms with E-state index in [-0.39, 0.29) is 11.9 Å². The van der Waals surface area contributed by atoms with Crippen LogP contribution in [0, 0.1) is 0 Å². The molecule has 0 saturated carbocycles. The average Bonchev–Trinajstić information content (AvgIpc) is 3.37. The van der Waals surface area contributed by atoms with E-state index in [1.807, 2.05) is 29.2 Å². The number of aromatic nitrogens is 1. The summed E-state index contributed by atoms with van der Waals surface area (Å²) >= 11 is 2.92. The van der Waals surface area contributed by atoms with Crippen molar-refractivity contribution in [2.45, 2.75) is 12.5 Å². The molecule has 1 aliphatic heterocycles. The van der Waals surface area contributed by atoms with Crippen LogP contribution >= 0.6 is 22.9 Å². The summed E-state index contributed by atoms with van der Waals surface area (Å²) in [5.74, 6) is 1.58. The second-order valence-electron chi connectivity index (χ2n) is 5.94. The molecule has 0 radical (unpaired) electrons. The van der Waals surface area contributed by atoms with Gasteiger partial charge in [0.15, 0.2) is 0 Å². The first-order valence-corrected chi connectivity index (χ1v) is 9.96. The number of fused-ring (bicyclic) bond motifs is 1. The number of methoxy groups -OCH3 is 1. The predicted octanol–water partition coefficient (Wildman–Crippen LogP) is 4.03. The summed E-state index contributed by atoms with van der Waals surface area (Å²) in [6.45, 7) is 1.11. The Labute approximate surface area is 160 Å². The van der Waals surface area contributed by atoms with Crippen LogP contribution in [0.2, 0.25) is 0 Å². The molecule has 0 N–H and O–H groups in total. The van der Waals surface area contributed by atoms with Crippen molar-refractivity contribution in [3.05, 3.63) is 63.3 Å². The van der Waals surface area contributed by atoms with E-state index in [1.165, 1.54) is 22.0 Å². The Morgan fingerprint density at radius 1 is 1.23 bits per heavy atom. The van der Waals surface area contributed by atoms with Crippen molar-refractivity contribution in [1.82, 2.24) is 9.27 Å². The molecule has 1 unspecified atom stereocenters. The van der Waals surface area contributed by atoms with Gasteiger partial charge >= 0.3 is 0 Å². The monoisotopic (exact) mass is 386 g/mol. The number of thiophene rings is 1. The normalized spacial score (nSPS) is 16.2. The standard InChI is InChI=1S/C19H18N2O3S2/c1-23-14-2-4-15(5-3-14)24-12-16-18-13(8-11-25-18)7-10-21(16)19(22)17-6-9-20-26-17/h2-6,8-9,11,16H,7,10,12H2,1H3. The van der Waals surface area contributed by atoms with Gasteiger partial charge in [0, 0.05) is 17.6 Å². The summed E-state index contributed by atoms with van der Waals surface area (Å²) < 4.78 is 15.3. The van der Waals surface area contributed by atoms with Crippen LogP contribution < -0.4 is 9.47 Å². The SMILES string of the molecule is COc1ccc(OCC2c3sccc3CCN2C(=O)c2ccns2)cc1. The molecule has 1 aliphatic rings. The molecule has 0 bridgehead atoms. The van der Waals surface area contributed by atoms with E-state index in [0.717, 1.165) is 17.9 Å². The third-order valence-corrected chi connectivity index (χ3v) is 6.25. The number of benzene rings is 1. The lowest BCUT2D eigenvalue weighted by Gasteiger charge is -2.35. The summed E-state index contributed by atoms with van der Waals surface area (Å²) in [7, 11) is 1.64. The Hall–Kier alpha value is -2.38. The number of ether oxygens (including phenoxy) is 2. The van der Waals surface area contributed by atoms with Crippen molar-refractivity contribution in [1.29, 1.82) is 0 Å². The van der Waals surface area contributed by atoms with Crippen LogP contribution in [0.3, 0.4) is 0 Å². The highest BCUT2D eigenvalue weighted by molar-refractivity contribution is 7.10. The maximum absolute atomic E-state index is 12.9. The number of hydrogen-bond acceptors (Lipinski definition) is 6. The van der Waals surface area contributed by atoms with Gasteiger partial charge < -0.3 is 14.4 Å². The van der Waals surface area contributed by atoms with Crippen molar-refractivity contribution in [2.24, 2.45) is 0 Å². The van der Waals surface area contributed by atoms with E-state index in [2.05, 4.69) is 15.8 Å². The second kappa shape index (κ2) is 7.47. The number of carbonyl (C=O) groups is 1. The molecule has 0 fully saturated rings. The molecular formula is C19H18N2O3S2. The minimum absolute atomic E-state index is 0.0230. The van der Waals surface area contributed by atoms with Crippen LogP contribution in [-0.4, -0.2) is 35.4 Å². The molecule has 3 heterocycles. The van der Waals surface area contributed by atoms with Crippen LogP contribution in [-0.2, 0) is 6.42 Å². The van der Waals surface area contributed by atoms with Gasteiger partial charge in [-0.15, -0.1) is 11.3 Å². The quantitative estimate of drug-likeness (QED) is 0.664. The number of amides is 1. The molecule has 1 amide bonds. The molecule has 3 aromatic rings. The Balaban J connectivity index is 1.55. The molecule has 0 aliphatic carbocycles. The molecule has 0 saturated heterocycles. The van der Waals surface area contributed by atoms with Crippen LogP contribution in [0.1, 0.15) is 26.2 Å². The minimum atomic E-state index is -0.0875. The molecule has 134 valence electrons. The van der Waals surface area contributed by atoms with Gasteiger partial charge in [0.2, 0.25) is 0 Å². The zero-order valence-electron chi connectivity index (χ0n) is 14.3. The maximum Gasteiger partial charge on any atom is 0.266 e. The number of rotatable bonds is 5. The predicted molar refractivity (Wildman–Crippen MR) is 102 cm³/mol. The summed E-state index contributed by atoms with van der Waals surface area (Å²) in [6.07, 6.45) is 2.55. The smallest absolute Gasteiger partial charge is 0.266 e. The summed E-state index contributed by atoms with van der Waals surface area (Å²) in [5, 5.41) is 2.09. The van der Waals surface area contributed by atoms with Crippen molar-refractivity contribution < 1.29 is 14.3 Å². The third-order valence-electron chi connectivity index (χ3n) is 4.46. The highest BCUT2D eigenvalue weighted by Gasteiger charge is 2.33. The topological polar surface area (TPSA) is 51.7 Å². The Kier molecular flexibility index (Phi) is 4.90. The van der Waals surface area contributed by atoms with Crippen LogP contribution in [0.15, 0.2) is 48.0 Å². The van der Waals surface area contributed by atoms with Crippen LogP contribution in [0.25, 0.3) is 0 Å². The van der Waals surface area contributed by atoms with Crippen molar-refractivity contribution in [3.63, 3.8) is 0 Å². The number of nitrogens with zero attached hydrogens (tertiary/aromatic N) is 2. The molecule has 2 aromatic heterocycles. The number of carbonyl (C=O) groups excluding carboxylic acids is 1. The summed E-state index contributed by atoms with van der Waals surface area (Å²) in [5.41, 5.74) is 1.31. The molecule has 4 rings (SSSR count). The Bertz CT molecular complexity index is 875. The lowest BCUT2D eigenvalue weighted by molar-refractivity contribution is 0.0601. The van der Waals surface area contributed by atoms with Crippen molar-refractivity contribution in [2.75, 3.05) is 20.3 Å². The number of hydrogen-bond donors (Lipinski definition) is 0. The van der Waals surface area contributed by atoms with E-state index in [9.17, 15) is 4.79 Å². The van der Waals surface area contributed by atoms with Gasteiger partial charge in [0.25, 0.3) is 5.91 Å². The van der Waals surface area contributed by atoms with Gasteiger partial charge in [0.05, 0.1) is 7.11 Å². The highest BCUT2D eigenvalue weighted by atomic mass is 32.1. The fraction of sp³-hybridized carbons (Fsp3) is 0.263. The average molecular weight is 386 g/mol. The van der Waals surface area contributed by atoms with Crippen molar-refractivity contribution >= 4 is 28.8 Å². The van der Waals surface area contributed by atoms with Crippen LogP contribution in [0.5, 0.6) is 11.5 Å². The molecule has 26 heavy (non-hydrogen) atoms. The first-order valence-electron chi connectivity index (χ1n) is 8.31. The molecule has 7 heteroatoms. The van der Waals surface area contributed by atoms with Gasteiger partial charge in [0.1, 0.15) is 29.0 Å². The van der Waals surface area contributed by atoms with E-state index < -0.39 is 0 Å². The summed E-state index contributed by atoms with van der Waals surface area (Å²) in [4.78, 5) is 16.7.